The lowest BCUT2D eigenvalue weighted by Gasteiger charge is -2.40. The van der Waals surface area contributed by atoms with Crippen molar-refractivity contribution in [3.8, 4) is 0 Å². The lowest BCUT2D eigenvalue weighted by atomic mass is 10.0. The molecule has 1 unspecified atom stereocenters. The van der Waals surface area contributed by atoms with E-state index in [0.29, 0.717) is 51.6 Å². The molecule has 0 bridgehead atoms. The Labute approximate surface area is 174 Å². The van der Waals surface area contributed by atoms with Gasteiger partial charge in [-0.3, -0.25) is 9.69 Å². The summed E-state index contributed by atoms with van der Waals surface area (Å²) in [4.78, 5) is 18.8. The van der Waals surface area contributed by atoms with Gasteiger partial charge in [-0.1, -0.05) is 12.5 Å². The second-order valence-electron chi connectivity index (χ2n) is 8.06. The number of ether oxygens (including phenoxy) is 2. The van der Waals surface area contributed by atoms with Gasteiger partial charge >= 0.3 is 6.18 Å². The van der Waals surface area contributed by atoms with E-state index in [9.17, 15) is 18.0 Å². The van der Waals surface area contributed by atoms with Gasteiger partial charge in [-0.05, 0) is 37.6 Å². The number of rotatable bonds is 4. The molecule has 4 rings (SSSR count). The molecule has 0 aliphatic carbocycles. The number of nitrogens with zero attached hydrogens (tertiary/aromatic N) is 3. The lowest BCUT2D eigenvalue weighted by Crippen LogP contribution is -2.54. The Morgan fingerprint density at radius 3 is 2.47 bits per heavy atom. The molecule has 3 saturated heterocycles. The normalized spacial score (nSPS) is 24.4. The van der Waals surface area contributed by atoms with Crippen molar-refractivity contribution in [3.05, 3.63) is 29.8 Å². The van der Waals surface area contributed by atoms with Crippen molar-refractivity contribution in [2.24, 2.45) is 0 Å². The summed E-state index contributed by atoms with van der Waals surface area (Å²) in [5.74, 6) is 0.0589. The first-order chi connectivity index (χ1) is 14.4. The van der Waals surface area contributed by atoms with Crippen molar-refractivity contribution < 1.29 is 27.4 Å². The Hall–Kier alpha value is -1.84. The van der Waals surface area contributed by atoms with Crippen molar-refractivity contribution in [2.45, 2.75) is 37.8 Å². The molecule has 0 radical (unpaired) electrons. The van der Waals surface area contributed by atoms with Gasteiger partial charge in [0.2, 0.25) is 5.91 Å². The van der Waals surface area contributed by atoms with Gasteiger partial charge in [0.15, 0.2) is 6.29 Å². The number of alkyl halides is 3. The summed E-state index contributed by atoms with van der Waals surface area (Å²) in [6, 6.07) is 5.48. The van der Waals surface area contributed by atoms with Crippen molar-refractivity contribution in [1.82, 2.24) is 9.80 Å². The van der Waals surface area contributed by atoms with E-state index in [1.54, 1.807) is 6.07 Å². The predicted molar refractivity (Wildman–Crippen MR) is 105 cm³/mol. The maximum atomic E-state index is 13.0. The second-order valence-corrected chi connectivity index (χ2v) is 8.06. The maximum Gasteiger partial charge on any atom is 0.416 e. The first-order valence-electron chi connectivity index (χ1n) is 10.6. The molecule has 1 aromatic rings. The van der Waals surface area contributed by atoms with Crippen LogP contribution in [0.1, 0.15) is 24.8 Å². The summed E-state index contributed by atoms with van der Waals surface area (Å²) in [5.41, 5.74) is -0.102. The number of piperidine rings is 1. The van der Waals surface area contributed by atoms with E-state index in [-0.39, 0.29) is 18.2 Å². The number of anilines is 1. The SMILES string of the molecule is O=C(CN1CCCCC1C1OCCO1)N1CCN(c2cccc(C(F)(F)F)c2)CC1. The van der Waals surface area contributed by atoms with E-state index in [4.69, 9.17) is 9.47 Å². The average molecular weight is 427 g/mol. The number of amides is 1. The first-order valence-corrected chi connectivity index (χ1v) is 10.6. The fourth-order valence-corrected chi connectivity index (χ4v) is 4.49. The van der Waals surface area contributed by atoms with Gasteiger partial charge in [0.25, 0.3) is 0 Å². The molecule has 3 aliphatic heterocycles. The third-order valence-electron chi connectivity index (χ3n) is 6.14. The molecule has 9 heteroatoms. The van der Waals surface area contributed by atoms with Crippen LogP contribution in [0.15, 0.2) is 24.3 Å². The Bertz CT molecular complexity index is 732. The molecule has 1 atom stereocenters. The van der Waals surface area contributed by atoms with Crippen LogP contribution in [0.4, 0.5) is 18.9 Å². The first kappa shape index (κ1) is 21.4. The second kappa shape index (κ2) is 9.11. The van der Waals surface area contributed by atoms with Crippen molar-refractivity contribution in [1.29, 1.82) is 0 Å². The summed E-state index contributed by atoms with van der Waals surface area (Å²) >= 11 is 0. The van der Waals surface area contributed by atoms with E-state index >= 15 is 0 Å². The van der Waals surface area contributed by atoms with Gasteiger partial charge in [-0.25, -0.2) is 0 Å². The van der Waals surface area contributed by atoms with Crippen molar-refractivity contribution in [2.75, 3.05) is 57.4 Å². The quantitative estimate of drug-likeness (QED) is 0.739. The highest BCUT2D eigenvalue weighted by atomic mass is 19.4. The highest BCUT2D eigenvalue weighted by Gasteiger charge is 2.36. The predicted octanol–water partition coefficient (Wildman–Crippen LogP) is 2.58. The van der Waals surface area contributed by atoms with Crippen LogP contribution in [0.5, 0.6) is 0 Å². The summed E-state index contributed by atoms with van der Waals surface area (Å²) in [7, 11) is 0. The van der Waals surface area contributed by atoms with Gasteiger partial charge in [-0.15, -0.1) is 0 Å². The Balaban J connectivity index is 1.32. The molecule has 0 aromatic heterocycles. The number of carbonyl (C=O) groups is 1. The van der Waals surface area contributed by atoms with Crippen LogP contribution in [0.25, 0.3) is 0 Å². The highest BCUT2D eigenvalue weighted by molar-refractivity contribution is 5.78. The van der Waals surface area contributed by atoms with Crippen molar-refractivity contribution >= 4 is 11.6 Å². The third-order valence-corrected chi connectivity index (χ3v) is 6.14. The highest BCUT2D eigenvalue weighted by Crippen LogP contribution is 2.32. The molecular weight excluding hydrogens is 399 g/mol. The number of piperazine rings is 1. The smallest absolute Gasteiger partial charge is 0.368 e. The number of hydrogen-bond donors (Lipinski definition) is 0. The number of benzene rings is 1. The fraction of sp³-hybridized carbons (Fsp3) is 0.667. The molecule has 3 aliphatic rings. The number of halogens is 3. The minimum absolute atomic E-state index is 0.0589. The largest absolute Gasteiger partial charge is 0.416 e. The number of carbonyl (C=O) groups excluding carboxylic acids is 1. The minimum Gasteiger partial charge on any atom is -0.368 e. The fourth-order valence-electron chi connectivity index (χ4n) is 4.49. The summed E-state index contributed by atoms with van der Waals surface area (Å²) in [6.45, 7) is 4.42. The van der Waals surface area contributed by atoms with Crippen LogP contribution in [-0.2, 0) is 20.4 Å². The van der Waals surface area contributed by atoms with Gasteiger partial charge in [0, 0.05) is 31.9 Å². The zero-order valence-corrected chi connectivity index (χ0v) is 16.9. The zero-order chi connectivity index (χ0) is 21.1. The molecule has 0 N–H and O–H groups in total. The van der Waals surface area contributed by atoms with Gasteiger partial charge in [0.05, 0.1) is 31.4 Å². The maximum absolute atomic E-state index is 13.0. The van der Waals surface area contributed by atoms with E-state index in [2.05, 4.69) is 4.90 Å². The van der Waals surface area contributed by atoms with E-state index in [0.717, 1.165) is 31.9 Å². The molecule has 3 fully saturated rings. The average Bonchev–Trinajstić information content (AvgIpc) is 3.28. The third kappa shape index (κ3) is 4.90. The monoisotopic (exact) mass is 427 g/mol. The molecule has 0 saturated carbocycles. The standard InChI is InChI=1S/C21H28F3N3O3/c22-21(23,24)16-4-3-5-17(14-16)25-8-10-26(11-9-25)19(28)15-27-7-2-1-6-18(27)20-29-12-13-30-20/h3-5,14,18,20H,1-2,6-13,15H2. The topological polar surface area (TPSA) is 45.3 Å². The Kier molecular flexibility index (Phi) is 6.50. The number of likely N-dealkylation sites (tertiary alicyclic amines) is 1. The molecule has 30 heavy (non-hydrogen) atoms. The Morgan fingerprint density at radius 1 is 1.03 bits per heavy atom. The van der Waals surface area contributed by atoms with E-state index < -0.39 is 11.7 Å². The summed E-state index contributed by atoms with van der Waals surface area (Å²) in [6.07, 6.45) is -1.49. The number of hydrogen-bond acceptors (Lipinski definition) is 5. The van der Waals surface area contributed by atoms with Crippen LogP contribution in [0, 0.1) is 0 Å². The van der Waals surface area contributed by atoms with Crippen LogP contribution in [0.2, 0.25) is 0 Å². The van der Waals surface area contributed by atoms with Gasteiger partial charge in [-0.2, -0.15) is 13.2 Å². The molecule has 3 heterocycles. The van der Waals surface area contributed by atoms with E-state index in [1.807, 2.05) is 9.80 Å². The van der Waals surface area contributed by atoms with Crippen LogP contribution >= 0.6 is 0 Å². The Morgan fingerprint density at radius 2 is 1.77 bits per heavy atom. The van der Waals surface area contributed by atoms with Crippen LogP contribution < -0.4 is 4.90 Å². The molecule has 1 amide bonds. The summed E-state index contributed by atoms with van der Waals surface area (Å²) in [5, 5.41) is 0. The zero-order valence-electron chi connectivity index (χ0n) is 16.9. The van der Waals surface area contributed by atoms with Crippen LogP contribution in [0.3, 0.4) is 0 Å². The van der Waals surface area contributed by atoms with Gasteiger partial charge in [0.1, 0.15) is 0 Å². The van der Waals surface area contributed by atoms with Gasteiger partial charge < -0.3 is 19.3 Å². The van der Waals surface area contributed by atoms with E-state index in [1.165, 1.54) is 12.1 Å². The lowest BCUT2D eigenvalue weighted by molar-refractivity contribution is -0.140. The van der Waals surface area contributed by atoms with Crippen LogP contribution in [-0.4, -0.2) is 80.5 Å². The van der Waals surface area contributed by atoms with Crippen molar-refractivity contribution in [3.63, 3.8) is 0 Å². The molecule has 166 valence electrons. The molecule has 1 aromatic carbocycles. The minimum atomic E-state index is -4.36. The molecule has 6 nitrogen and oxygen atoms in total. The molecule has 0 spiro atoms. The summed E-state index contributed by atoms with van der Waals surface area (Å²) < 4.78 is 50.3. The molecular formula is C21H28F3N3O3.